The van der Waals surface area contributed by atoms with Gasteiger partial charge in [0.25, 0.3) is 0 Å². The molecule has 1 N–H and O–H groups in total. The Labute approximate surface area is 162 Å². The molecule has 0 saturated carbocycles. The van der Waals surface area contributed by atoms with E-state index in [1.54, 1.807) is 0 Å². The molecule has 0 fully saturated rings. The van der Waals surface area contributed by atoms with Gasteiger partial charge >= 0.3 is 0 Å². The third-order valence-electron chi connectivity index (χ3n) is 4.00. The van der Waals surface area contributed by atoms with Gasteiger partial charge in [-0.15, -0.1) is 10.2 Å². The number of carbonyl (C=O) groups excluding carboxylic acids is 1. The molecule has 0 spiro atoms. The van der Waals surface area contributed by atoms with Gasteiger partial charge < -0.3 is 5.32 Å². The zero-order valence-corrected chi connectivity index (χ0v) is 16.7. The summed E-state index contributed by atoms with van der Waals surface area (Å²) >= 11 is 2.90. The highest BCUT2D eigenvalue weighted by molar-refractivity contribution is 8.02. The highest BCUT2D eigenvalue weighted by atomic mass is 32.2. The van der Waals surface area contributed by atoms with Gasteiger partial charge in [0.2, 0.25) is 5.13 Å². The molecule has 1 heterocycles. The van der Waals surface area contributed by atoms with Gasteiger partial charge in [0, 0.05) is 11.3 Å². The number of benzene rings is 2. The molecule has 0 bridgehead atoms. The smallest absolute Gasteiger partial charge is 0.210 e. The highest BCUT2D eigenvalue weighted by Gasteiger charge is 2.18. The molecule has 3 aromatic rings. The topological polar surface area (TPSA) is 54.9 Å². The van der Waals surface area contributed by atoms with Crippen molar-refractivity contribution in [1.29, 1.82) is 0 Å². The number of carbonyl (C=O) groups is 1. The number of aromatic nitrogens is 2. The van der Waals surface area contributed by atoms with E-state index >= 15 is 0 Å². The Morgan fingerprint density at radius 3 is 2.46 bits per heavy atom. The predicted molar refractivity (Wildman–Crippen MR) is 110 cm³/mol. The largest absolute Gasteiger partial charge is 0.330 e. The fraction of sp³-hybridized carbons (Fsp3) is 0.250. The van der Waals surface area contributed by atoms with E-state index in [2.05, 4.69) is 29.4 Å². The number of anilines is 2. The molecule has 3 rings (SSSR count). The van der Waals surface area contributed by atoms with E-state index in [0.717, 1.165) is 27.1 Å². The van der Waals surface area contributed by atoms with Gasteiger partial charge in [-0.1, -0.05) is 72.0 Å². The van der Waals surface area contributed by atoms with Gasteiger partial charge in [-0.3, -0.25) is 4.79 Å². The zero-order chi connectivity index (χ0) is 18.5. The number of Topliss-reactive ketones (excluding diaryl/α,β-unsaturated/α-hetero) is 1. The van der Waals surface area contributed by atoms with Gasteiger partial charge in [-0.2, -0.15) is 0 Å². The second-order valence-corrected chi connectivity index (χ2v) is 8.60. The SMILES string of the molecule is CCc1ccc(C(=O)C(C)Sc2nnc(Nc3ccc(C)cc3)s2)cc1. The minimum Gasteiger partial charge on any atom is -0.330 e. The van der Waals surface area contributed by atoms with Gasteiger partial charge in [-0.05, 0) is 38.0 Å². The Kier molecular flexibility index (Phi) is 6.06. The van der Waals surface area contributed by atoms with E-state index < -0.39 is 0 Å². The number of aryl methyl sites for hydroxylation is 2. The summed E-state index contributed by atoms with van der Waals surface area (Å²) < 4.78 is 0.783. The summed E-state index contributed by atoms with van der Waals surface area (Å²) in [6.45, 7) is 6.07. The molecular formula is C20H21N3OS2. The van der Waals surface area contributed by atoms with E-state index in [1.807, 2.05) is 55.5 Å². The van der Waals surface area contributed by atoms with Crippen LogP contribution >= 0.6 is 23.1 Å². The van der Waals surface area contributed by atoms with Crippen LogP contribution in [0.1, 0.15) is 35.3 Å². The number of nitrogens with zero attached hydrogens (tertiary/aromatic N) is 2. The molecule has 1 unspecified atom stereocenters. The maximum Gasteiger partial charge on any atom is 0.210 e. The Morgan fingerprint density at radius 2 is 1.81 bits per heavy atom. The number of ketones is 1. The van der Waals surface area contributed by atoms with E-state index in [0.29, 0.717) is 0 Å². The number of nitrogens with one attached hydrogen (secondary N) is 1. The quantitative estimate of drug-likeness (QED) is 0.430. The predicted octanol–water partition coefficient (Wildman–Crippen LogP) is 5.52. The van der Waals surface area contributed by atoms with Crippen LogP contribution in [0.5, 0.6) is 0 Å². The number of thioether (sulfide) groups is 1. The maximum atomic E-state index is 12.6. The molecule has 2 aromatic carbocycles. The van der Waals surface area contributed by atoms with Crippen LogP contribution in [-0.2, 0) is 6.42 Å². The summed E-state index contributed by atoms with van der Waals surface area (Å²) in [5, 5.41) is 12.1. The third-order valence-corrected chi connectivity index (χ3v) is 6.03. The first-order valence-corrected chi connectivity index (χ1v) is 10.2. The Hall–Kier alpha value is -2.18. The second kappa shape index (κ2) is 8.47. The molecule has 0 amide bonds. The van der Waals surface area contributed by atoms with Crippen molar-refractivity contribution in [2.75, 3.05) is 5.32 Å². The van der Waals surface area contributed by atoms with Gasteiger partial charge in [-0.25, -0.2) is 0 Å². The molecule has 0 saturated heterocycles. The van der Waals surface area contributed by atoms with Crippen molar-refractivity contribution in [3.05, 3.63) is 65.2 Å². The summed E-state index contributed by atoms with van der Waals surface area (Å²) in [6, 6.07) is 15.9. The third kappa shape index (κ3) is 4.71. The normalized spacial score (nSPS) is 12.0. The minimum atomic E-state index is -0.206. The fourth-order valence-electron chi connectivity index (χ4n) is 2.41. The van der Waals surface area contributed by atoms with Crippen molar-refractivity contribution < 1.29 is 4.79 Å². The van der Waals surface area contributed by atoms with E-state index in [4.69, 9.17) is 0 Å². The van der Waals surface area contributed by atoms with Crippen LogP contribution in [0.2, 0.25) is 0 Å². The second-order valence-electron chi connectivity index (χ2n) is 6.04. The fourth-order valence-corrected chi connectivity index (χ4v) is 4.41. The molecule has 1 aromatic heterocycles. The van der Waals surface area contributed by atoms with Gasteiger partial charge in [0.15, 0.2) is 10.1 Å². The molecular weight excluding hydrogens is 362 g/mol. The summed E-state index contributed by atoms with van der Waals surface area (Å²) in [5.74, 6) is 0.112. The molecule has 134 valence electrons. The Morgan fingerprint density at radius 1 is 1.12 bits per heavy atom. The summed E-state index contributed by atoms with van der Waals surface area (Å²) in [6.07, 6.45) is 0.973. The van der Waals surface area contributed by atoms with Crippen LogP contribution in [-0.4, -0.2) is 21.2 Å². The maximum absolute atomic E-state index is 12.6. The lowest BCUT2D eigenvalue weighted by Crippen LogP contribution is -2.13. The van der Waals surface area contributed by atoms with E-state index in [-0.39, 0.29) is 11.0 Å². The van der Waals surface area contributed by atoms with Crippen LogP contribution in [0.4, 0.5) is 10.8 Å². The first kappa shape index (κ1) is 18.6. The Balaban J connectivity index is 1.62. The highest BCUT2D eigenvalue weighted by Crippen LogP contribution is 2.31. The zero-order valence-electron chi connectivity index (χ0n) is 15.0. The Bertz CT molecular complexity index is 873. The molecule has 26 heavy (non-hydrogen) atoms. The molecule has 0 radical (unpaired) electrons. The monoisotopic (exact) mass is 383 g/mol. The summed E-state index contributed by atoms with van der Waals surface area (Å²) in [5.41, 5.74) is 4.16. The first-order valence-electron chi connectivity index (χ1n) is 8.52. The first-order chi connectivity index (χ1) is 12.5. The number of rotatable bonds is 7. The van der Waals surface area contributed by atoms with Crippen LogP contribution in [0.15, 0.2) is 52.9 Å². The van der Waals surface area contributed by atoms with Crippen molar-refractivity contribution in [2.24, 2.45) is 0 Å². The van der Waals surface area contributed by atoms with Crippen molar-refractivity contribution >= 4 is 39.7 Å². The van der Waals surface area contributed by atoms with Crippen molar-refractivity contribution in [3.8, 4) is 0 Å². The van der Waals surface area contributed by atoms with Crippen molar-refractivity contribution in [2.45, 2.75) is 36.8 Å². The van der Waals surface area contributed by atoms with Crippen LogP contribution in [0, 0.1) is 6.92 Å². The van der Waals surface area contributed by atoms with Gasteiger partial charge in [0.1, 0.15) is 0 Å². The average molecular weight is 384 g/mol. The minimum absolute atomic E-state index is 0.112. The molecule has 4 nitrogen and oxygen atoms in total. The van der Waals surface area contributed by atoms with E-state index in [1.165, 1.54) is 34.2 Å². The number of hydrogen-bond acceptors (Lipinski definition) is 6. The molecule has 0 aliphatic carbocycles. The lowest BCUT2D eigenvalue weighted by molar-refractivity contribution is 0.0994. The standard InChI is InChI=1S/C20H21N3OS2/c1-4-15-7-9-16(10-8-15)18(24)14(3)25-20-23-22-19(26-20)21-17-11-5-13(2)6-12-17/h5-12,14H,4H2,1-3H3,(H,21,22). The van der Waals surface area contributed by atoms with Gasteiger partial charge in [0.05, 0.1) is 5.25 Å². The van der Waals surface area contributed by atoms with Crippen LogP contribution in [0.3, 0.4) is 0 Å². The van der Waals surface area contributed by atoms with Crippen LogP contribution in [0.25, 0.3) is 0 Å². The summed E-state index contributed by atoms with van der Waals surface area (Å²) in [7, 11) is 0. The van der Waals surface area contributed by atoms with Crippen molar-refractivity contribution in [3.63, 3.8) is 0 Å². The lowest BCUT2D eigenvalue weighted by Gasteiger charge is -2.08. The summed E-state index contributed by atoms with van der Waals surface area (Å²) in [4.78, 5) is 12.6. The molecule has 6 heteroatoms. The average Bonchev–Trinajstić information content (AvgIpc) is 3.10. The number of hydrogen-bond donors (Lipinski definition) is 1. The molecule has 0 aliphatic rings. The lowest BCUT2D eigenvalue weighted by atomic mass is 10.1. The molecule has 0 aliphatic heterocycles. The van der Waals surface area contributed by atoms with Crippen molar-refractivity contribution in [1.82, 2.24) is 10.2 Å². The van der Waals surface area contributed by atoms with E-state index in [9.17, 15) is 4.79 Å². The van der Waals surface area contributed by atoms with Crippen LogP contribution < -0.4 is 5.32 Å². The molecule has 1 atom stereocenters.